The van der Waals surface area contributed by atoms with Crippen LogP contribution in [0.2, 0.25) is 0 Å². The van der Waals surface area contributed by atoms with E-state index in [4.69, 9.17) is 9.47 Å². The van der Waals surface area contributed by atoms with Gasteiger partial charge in [-0.3, -0.25) is 9.78 Å². The Bertz CT molecular complexity index is 1500. The molecule has 0 saturated carbocycles. The number of aryl methyl sites for hydroxylation is 1. The fourth-order valence-electron chi connectivity index (χ4n) is 3.73. The number of anilines is 2. The first-order valence-electron chi connectivity index (χ1n) is 12.1. The highest BCUT2D eigenvalue weighted by Crippen LogP contribution is 2.31. The molecule has 38 heavy (non-hydrogen) atoms. The molecule has 1 aromatic carbocycles. The number of nitrogens with one attached hydrogen (secondary N) is 2. The van der Waals surface area contributed by atoms with E-state index in [1.807, 2.05) is 41.1 Å². The molecule has 198 valence electrons. The summed E-state index contributed by atoms with van der Waals surface area (Å²) >= 11 is 1.44. The highest BCUT2D eigenvalue weighted by molar-refractivity contribution is 7.08. The molecule has 0 bridgehead atoms. The van der Waals surface area contributed by atoms with Gasteiger partial charge in [0.15, 0.2) is 0 Å². The smallest absolute Gasteiger partial charge is 0.407 e. The van der Waals surface area contributed by atoms with Gasteiger partial charge in [0, 0.05) is 34.5 Å². The van der Waals surface area contributed by atoms with Crippen LogP contribution in [0.5, 0.6) is 0 Å². The number of ether oxygens (including phenoxy) is 2. The number of aromatic nitrogens is 3. The molecule has 0 aliphatic rings. The van der Waals surface area contributed by atoms with Crippen LogP contribution in [-0.4, -0.2) is 45.6 Å². The molecule has 0 unspecified atom stereocenters. The number of rotatable bonds is 8. The van der Waals surface area contributed by atoms with E-state index in [9.17, 15) is 14.4 Å². The van der Waals surface area contributed by atoms with Gasteiger partial charge in [-0.15, -0.1) is 0 Å². The van der Waals surface area contributed by atoms with Gasteiger partial charge in [-0.25, -0.2) is 14.3 Å². The van der Waals surface area contributed by atoms with Gasteiger partial charge in [-0.1, -0.05) is 24.3 Å². The lowest BCUT2D eigenvalue weighted by Crippen LogP contribution is -2.34. The molecule has 0 spiro atoms. The number of carbonyl (C=O) groups excluding carboxylic acids is 2. The van der Waals surface area contributed by atoms with Gasteiger partial charge in [0.05, 0.1) is 18.4 Å². The largest absolute Gasteiger partial charge is 0.460 e. The van der Waals surface area contributed by atoms with Gasteiger partial charge in [-0.05, 0) is 39.1 Å². The monoisotopic (exact) mass is 535 g/mol. The summed E-state index contributed by atoms with van der Waals surface area (Å²) in [5.74, 6) is -0.749. The van der Waals surface area contributed by atoms with Crippen molar-refractivity contribution in [2.45, 2.75) is 39.8 Å². The number of hydrogen-bond donors (Lipinski definition) is 2. The Morgan fingerprint density at radius 2 is 1.92 bits per heavy atom. The summed E-state index contributed by atoms with van der Waals surface area (Å²) in [5, 5.41) is 15.6. The molecule has 0 aliphatic carbocycles. The van der Waals surface area contributed by atoms with Crippen molar-refractivity contribution in [3.63, 3.8) is 0 Å². The first kappa shape index (κ1) is 26.8. The lowest BCUT2D eigenvalue weighted by molar-refractivity contribution is 0.0434. The number of alkyl carbamates (subject to hydrolysis) is 1. The van der Waals surface area contributed by atoms with E-state index >= 15 is 0 Å². The maximum Gasteiger partial charge on any atom is 0.407 e. The number of nitrogens with zero attached hydrogens (tertiary/aromatic N) is 3. The van der Waals surface area contributed by atoms with E-state index < -0.39 is 23.2 Å². The average molecular weight is 536 g/mol. The van der Waals surface area contributed by atoms with Crippen molar-refractivity contribution < 1.29 is 19.1 Å². The Hall–Kier alpha value is -4.25. The summed E-state index contributed by atoms with van der Waals surface area (Å²) in [6.07, 6.45) is 2.70. The van der Waals surface area contributed by atoms with Crippen molar-refractivity contribution in [2.75, 3.05) is 18.5 Å². The third kappa shape index (κ3) is 6.17. The van der Waals surface area contributed by atoms with Crippen LogP contribution in [0, 0.1) is 0 Å². The molecule has 4 aromatic rings. The molecule has 3 heterocycles. The molecular formula is C27H29N5O5S. The van der Waals surface area contributed by atoms with E-state index in [1.54, 1.807) is 40.1 Å². The Morgan fingerprint density at radius 1 is 1.13 bits per heavy atom. The second-order valence-corrected chi connectivity index (χ2v) is 10.1. The van der Waals surface area contributed by atoms with Gasteiger partial charge in [0.2, 0.25) is 0 Å². The van der Waals surface area contributed by atoms with Gasteiger partial charge < -0.3 is 20.1 Å². The minimum absolute atomic E-state index is 0.00306. The number of pyridine rings is 1. The number of benzene rings is 1. The Balaban J connectivity index is 1.70. The van der Waals surface area contributed by atoms with Crippen LogP contribution in [0.3, 0.4) is 0 Å². The number of fused-ring (bicyclic) bond motifs is 1. The molecule has 11 heteroatoms. The van der Waals surface area contributed by atoms with Crippen molar-refractivity contribution in [1.82, 2.24) is 20.1 Å². The first-order chi connectivity index (χ1) is 18.2. The third-order valence-corrected chi connectivity index (χ3v) is 6.07. The van der Waals surface area contributed by atoms with Crippen molar-refractivity contribution >= 4 is 45.5 Å². The number of amides is 1. The van der Waals surface area contributed by atoms with E-state index in [0.717, 1.165) is 10.8 Å². The highest BCUT2D eigenvalue weighted by Gasteiger charge is 2.26. The van der Waals surface area contributed by atoms with Crippen molar-refractivity contribution in [1.29, 1.82) is 0 Å². The van der Waals surface area contributed by atoms with Gasteiger partial charge in [0.25, 0.3) is 5.56 Å². The van der Waals surface area contributed by atoms with Crippen LogP contribution in [0.1, 0.15) is 38.1 Å². The summed E-state index contributed by atoms with van der Waals surface area (Å²) in [6.45, 7) is 7.26. The Kier molecular flexibility index (Phi) is 8.06. The number of carbonyl (C=O) groups is 2. The second-order valence-electron chi connectivity index (χ2n) is 9.33. The van der Waals surface area contributed by atoms with E-state index in [2.05, 4.69) is 20.7 Å². The predicted molar refractivity (Wildman–Crippen MR) is 147 cm³/mol. The topological polar surface area (TPSA) is 124 Å². The van der Waals surface area contributed by atoms with Crippen LogP contribution in [0.15, 0.2) is 58.3 Å². The van der Waals surface area contributed by atoms with E-state index in [1.165, 1.54) is 16.0 Å². The summed E-state index contributed by atoms with van der Waals surface area (Å²) < 4.78 is 12.0. The standard InChI is InChI=1S/C27H29N5O5S/c1-5-32-24(33)23(30-20-15-28-14-17-8-6-7-9-19(17)20)21(22(31-32)18-10-13-38-16-18)25(34)36-12-11-29-26(35)37-27(2,3)4/h6-10,13-16,30H,5,11-12H2,1-4H3,(H,29,35). The SMILES string of the molecule is CCn1nc(-c2ccsc2)c(C(=O)OCCNC(=O)OC(C)(C)C)c(Nc2cncc3ccccc23)c1=O. The molecule has 4 rings (SSSR count). The van der Waals surface area contributed by atoms with Crippen LogP contribution in [-0.2, 0) is 16.0 Å². The average Bonchev–Trinajstić information content (AvgIpc) is 3.41. The summed E-state index contributed by atoms with van der Waals surface area (Å²) in [4.78, 5) is 43.1. The van der Waals surface area contributed by atoms with Crippen molar-refractivity contribution in [3.05, 3.63) is 69.4 Å². The number of thiophene rings is 1. The van der Waals surface area contributed by atoms with Crippen LogP contribution in [0.25, 0.3) is 22.0 Å². The fraction of sp³-hybridized carbons (Fsp3) is 0.296. The minimum atomic E-state index is -0.749. The van der Waals surface area contributed by atoms with Crippen LogP contribution >= 0.6 is 11.3 Å². The fourth-order valence-corrected chi connectivity index (χ4v) is 4.38. The van der Waals surface area contributed by atoms with E-state index in [-0.39, 0.29) is 24.4 Å². The maximum absolute atomic E-state index is 13.5. The quantitative estimate of drug-likeness (QED) is 0.240. The molecule has 0 atom stereocenters. The molecule has 3 aromatic heterocycles. The van der Waals surface area contributed by atoms with Crippen molar-refractivity contribution in [3.8, 4) is 11.3 Å². The summed E-state index contributed by atoms with van der Waals surface area (Å²) in [7, 11) is 0. The lowest BCUT2D eigenvalue weighted by Gasteiger charge is -2.20. The zero-order valence-corrected chi connectivity index (χ0v) is 22.4. The Morgan fingerprint density at radius 3 is 2.63 bits per heavy atom. The minimum Gasteiger partial charge on any atom is -0.460 e. The number of hydrogen-bond acceptors (Lipinski definition) is 9. The van der Waals surface area contributed by atoms with E-state index in [0.29, 0.717) is 23.5 Å². The molecule has 0 saturated heterocycles. The maximum atomic E-state index is 13.5. The third-order valence-electron chi connectivity index (χ3n) is 5.39. The van der Waals surface area contributed by atoms with Gasteiger partial charge >= 0.3 is 12.1 Å². The molecular weight excluding hydrogens is 506 g/mol. The molecule has 10 nitrogen and oxygen atoms in total. The Labute approximate surface area is 223 Å². The molecule has 0 aliphatic heterocycles. The van der Waals surface area contributed by atoms with Crippen molar-refractivity contribution in [2.24, 2.45) is 0 Å². The first-order valence-corrected chi connectivity index (χ1v) is 13.0. The number of esters is 1. The zero-order chi connectivity index (χ0) is 27.3. The zero-order valence-electron chi connectivity index (χ0n) is 21.6. The molecule has 1 amide bonds. The highest BCUT2D eigenvalue weighted by atomic mass is 32.1. The van der Waals surface area contributed by atoms with Crippen LogP contribution < -0.4 is 16.2 Å². The molecule has 2 N–H and O–H groups in total. The van der Waals surface area contributed by atoms with Crippen LogP contribution in [0.4, 0.5) is 16.2 Å². The predicted octanol–water partition coefficient (Wildman–Crippen LogP) is 4.97. The summed E-state index contributed by atoms with van der Waals surface area (Å²) in [6, 6.07) is 9.41. The second kappa shape index (κ2) is 11.4. The molecule has 0 radical (unpaired) electrons. The normalized spacial score (nSPS) is 11.3. The molecule has 0 fully saturated rings. The summed E-state index contributed by atoms with van der Waals surface area (Å²) in [5.41, 5.74) is 0.463. The van der Waals surface area contributed by atoms with Gasteiger partial charge in [0.1, 0.15) is 29.2 Å². The van der Waals surface area contributed by atoms with Gasteiger partial charge in [-0.2, -0.15) is 16.4 Å². The lowest BCUT2D eigenvalue weighted by atomic mass is 10.1.